The van der Waals surface area contributed by atoms with Crippen LogP contribution in [0.25, 0.3) is 0 Å². The summed E-state index contributed by atoms with van der Waals surface area (Å²) < 4.78 is 14.4. The number of unbranched alkanes of at least 4 members (excludes halogenated alkanes) is 3. The van der Waals surface area contributed by atoms with Crippen molar-refractivity contribution >= 4 is 162 Å². The van der Waals surface area contributed by atoms with E-state index >= 15 is 0 Å². The van der Waals surface area contributed by atoms with Crippen LogP contribution in [0.3, 0.4) is 0 Å². The summed E-state index contributed by atoms with van der Waals surface area (Å²) >= 11 is 0. The van der Waals surface area contributed by atoms with Crippen LogP contribution in [-0.2, 0) is 9.09 Å². The molecule has 14 heavy (non-hydrogen) atoms. The topological polar surface area (TPSA) is 66.8 Å². The molecule has 0 spiro atoms. The van der Waals surface area contributed by atoms with E-state index in [1.54, 1.807) is 0 Å². The molecule has 4 nitrogen and oxygen atoms in total. The standard InChI is InChI=1S/C6H15O4P.3K.3H/c1-2-3-4-5-6-10-11(7,8)9;;;;;;/h2-6H2,1H3,(H2,7,8,9);;;;;;. The summed E-state index contributed by atoms with van der Waals surface area (Å²) in [5, 5.41) is 0. The molecule has 0 saturated heterocycles. The minimum atomic E-state index is -4.21. The monoisotopic (exact) mass is 302 g/mol. The van der Waals surface area contributed by atoms with Crippen molar-refractivity contribution in [1.82, 2.24) is 0 Å². The molecular formula is C6H18K3O4P. The Bertz CT molecular complexity index is 141. The van der Waals surface area contributed by atoms with Crippen LogP contribution in [0.4, 0.5) is 0 Å². The molecule has 0 amide bonds. The van der Waals surface area contributed by atoms with Crippen LogP contribution in [-0.4, -0.2) is 171 Å². The first-order valence-electron chi connectivity index (χ1n) is 3.76. The van der Waals surface area contributed by atoms with Gasteiger partial charge >= 0.3 is 162 Å². The maximum absolute atomic E-state index is 10.1. The van der Waals surface area contributed by atoms with Crippen molar-refractivity contribution in [1.29, 1.82) is 0 Å². The van der Waals surface area contributed by atoms with E-state index in [0.717, 1.165) is 25.7 Å². The first kappa shape index (κ1) is 27.4. The van der Waals surface area contributed by atoms with Crippen molar-refractivity contribution in [3.8, 4) is 0 Å². The van der Waals surface area contributed by atoms with Crippen LogP contribution in [0.15, 0.2) is 0 Å². The first-order valence-corrected chi connectivity index (χ1v) is 5.29. The van der Waals surface area contributed by atoms with Crippen LogP contribution < -0.4 is 0 Å². The molecule has 0 aliphatic heterocycles. The van der Waals surface area contributed by atoms with E-state index in [-0.39, 0.29) is 161 Å². The molecule has 0 radical (unpaired) electrons. The Balaban J connectivity index is -0.000000167. The van der Waals surface area contributed by atoms with Crippen LogP contribution in [0.5, 0.6) is 0 Å². The Morgan fingerprint density at radius 2 is 1.57 bits per heavy atom. The number of rotatable bonds is 6. The molecule has 0 aliphatic rings. The zero-order valence-electron chi connectivity index (χ0n) is 6.69. The fraction of sp³-hybridized carbons (Fsp3) is 1.00. The number of phosphoric ester groups is 1. The summed E-state index contributed by atoms with van der Waals surface area (Å²) in [6.07, 6.45) is 3.88. The maximum atomic E-state index is 10.1. The van der Waals surface area contributed by atoms with Gasteiger partial charge in [0.05, 0.1) is 6.61 Å². The molecule has 0 heterocycles. The molecule has 8 heteroatoms. The van der Waals surface area contributed by atoms with Crippen molar-refractivity contribution in [3.05, 3.63) is 0 Å². The third-order valence-electron chi connectivity index (χ3n) is 1.26. The van der Waals surface area contributed by atoms with Gasteiger partial charge in [-0.25, -0.2) is 4.57 Å². The zero-order chi connectivity index (χ0) is 8.74. The van der Waals surface area contributed by atoms with E-state index in [2.05, 4.69) is 11.4 Å². The van der Waals surface area contributed by atoms with Crippen LogP contribution in [0, 0.1) is 0 Å². The second kappa shape index (κ2) is 18.0. The van der Waals surface area contributed by atoms with Crippen molar-refractivity contribution in [2.45, 2.75) is 32.6 Å². The van der Waals surface area contributed by atoms with E-state index in [4.69, 9.17) is 9.79 Å². The van der Waals surface area contributed by atoms with Crippen LogP contribution in [0.2, 0.25) is 0 Å². The number of hydrogen-bond donors (Lipinski definition) is 2. The third-order valence-corrected chi connectivity index (χ3v) is 1.78. The molecule has 74 valence electrons. The average Bonchev–Trinajstić information content (AvgIpc) is 1.85. The van der Waals surface area contributed by atoms with Gasteiger partial charge in [-0.05, 0) is 6.42 Å². The average molecular weight is 302 g/mol. The van der Waals surface area contributed by atoms with Gasteiger partial charge in [0.1, 0.15) is 0 Å². The normalized spacial score (nSPS) is 9.36. The summed E-state index contributed by atoms with van der Waals surface area (Å²) in [4.78, 5) is 16.5. The second-order valence-corrected chi connectivity index (χ2v) is 3.62. The molecule has 0 bridgehead atoms. The Hall–Kier alpha value is 5.02. The number of hydrogen-bond acceptors (Lipinski definition) is 2. The molecule has 0 aromatic carbocycles. The van der Waals surface area contributed by atoms with E-state index in [1.165, 1.54) is 0 Å². The molecule has 0 fully saturated rings. The summed E-state index contributed by atoms with van der Waals surface area (Å²) in [7, 11) is -4.21. The summed E-state index contributed by atoms with van der Waals surface area (Å²) in [5.74, 6) is 0. The van der Waals surface area contributed by atoms with E-state index in [1.807, 2.05) is 0 Å². The molecule has 0 aromatic heterocycles. The van der Waals surface area contributed by atoms with Gasteiger partial charge in [0.15, 0.2) is 0 Å². The van der Waals surface area contributed by atoms with Crippen LogP contribution >= 0.6 is 7.82 Å². The summed E-state index contributed by atoms with van der Waals surface area (Å²) in [6, 6.07) is 0. The van der Waals surface area contributed by atoms with Crippen molar-refractivity contribution in [3.63, 3.8) is 0 Å². The predicted octanol–water partition coefficient (Wildman–Crippen LogP) is -0.270. The molecule has 0 unspecified atom stereocenters. The van der Waals surface area contributed by atoms with Gasteiger partial charge in [-0.15, -0.1) is 0 Å². The van der Waals surface area contributed by atoms with Gasteiger partial charge in [-0.3, -0.25) is 4.52 Å². The Morgan fingerprint density at radius 1 is 1.07 bits per heavy atom. The quantitative estimate of drug-likeness (QED) is 0.403. The van der Waals surface area contributed by atoms with E-state index in [9.17, 15) is 4.57 Å². The van der Waals surface area contributed by atoms with Gasteiger partial charge in [0.2, 0.25) is 0 Å². The molecule has 0 rings (SSSR count). The third kappa shape index (κ3) is 25.8. The van der Waals surface area contributed by atoms with Gasteiger partial charge in [0.25, 0.3) is 0 Å². The van der Waals surface area contributed by atoms with Gasteiger partial charge in [-0.2, -0.15) is 0 Å². The zero-order valence-corrected chi connectivity index (χ0v) is 7.59. The molecular weight excluding hydrogens is 284 g/mol. The second-order valence-electron chi connectivity index (χ2n) is 2.38. The molecule has 0 aromatic rings. The molecule has 0 aliphatic carbocycles. The minimum absolute atomic E-state index is 0. The number of phosphoric acid groups is 1. The SMILES string of the molecule is CCCCCCOP(=O)(O)O.[KH].[KH].[KH]. The van der Waals surface area contributed by atoms with E-state index in [0.29, 0.717) is 0 Å². The molecule has 0 saturated carbocycles. The summed E-state index contributed by atoms with van der Waals surface area (Å²) in [6.45, 7) is 2.23. The Kier molecular flexibility index (Phi) is 35.2. The molecule has 2 N–H and O–H groups in total. The van der Waals surface area contributed by atoms with Gasteiger partial charge in [0, 0.05) is 0 Å². The predicted molar refractivity (Wildman–Crippen MR) is 63.6 cm³/mol. The first-order chi connectivity index (χ1) is 5.06. The molecule has 0 atom stereocenters. The summed E-state index contributed by atoms with van der Waals surface area (Å²) in [5.41, 5.74) is 0. The van der Waals surface area contributed by atoms with E-state index < -0.39 is 7.82 Å². The van der Waals surface area contributed by atoms with Crippen LogP contribution in [0.1, 0.15) is 32.6 Å². The Morgan fingerprint density at radius 3 is 1.93 bits per heavy atom. The fourth-order valence-corrected chi connectivity index (χ4v) is 1.08. The van der Waals surface area contributed by atoms with Crippen molar-refractivity contribution in [2.75, 3.05) is 6.61 Å². The van der Waals surface area contributed by atoms with Gasteiger partial charge < -0.3 is 9.79 Å². The van der Waals surface area contributed by atoms with Crippen molar-refractivity contribution < 1.29 is 18.9 Å². The Labute approximate surface area is 214 Å². The fourth-order valence-electron chi connectivity index (χ4n) is 0.712. The van der Waals surface area contributed by atoms with Gasteiger partial charge in [-0.1, -0.05) is 26.2 Å². The van der Waals surface area contributed by atoms with Crippen molar-refractivity contribution in [2.24, 2.45) is 0 Å².